The lowest BCUT2D eigenvalue weighted by molar-refractivity contribution is 1.17. The molecule has 0 bridgehead atoms. The summed E-state index contributed by atoms with van der Waals surface area (Å²) >= 11 is 0. The van der Waals surface area contributed by atoms with Crippen LogP contribution in [0.2, 0.25) is 0 Å². The third kappa shape index (κ3) is 6.08. The second-order valence-corrected chi connectivity index (χ2v) is 15.9. The van der Waals surface area contributed by atoms with Crippen molar-refractivity contribution in [1.29, 1.82) is 0 Å². The number of para-hydroxylation sites is 2. The summed E-state index contributed by atoms with van der Waals surface area (Å²) in [7, 11) is 0. The lowest BCUT2D eigenvalue weighted by Gasteiger charge is -2.15. The zero-order chi connectivity index (χ0) is 41.0. The molecule has 0 radical (unpaired) electrons. The molecule has 62 heavy (non-hydrogen) atoms. The molecule has 0 amide bonds. The van der Waals surface area contributed by atoms with E-state index in [-0.39, 0.29) is 0 Å². The fourth-order valence-corrected chi connectivity index (χ4v) is 9.32. The van der Waals surface area contributed by atoms with Crippen LogP contribution in [0.15, 0.2) is 225 Å². The molecule has 290 valence electrons. The fraction of sp³-hybridized carbons (Fsp3) is 0. The predicted molar refractivity (Wildman–Crippen MR) is 260 cm³/mol. The third-order valence-corrected chi connectivity index (χ3v) is 12.3. The Bertz CT molecular complexity index is 3610. The highest BCUT2D eigenvalue weighted by atomic mass is 15.1. The molecular formula is C58H38N4. The summed E-state index contributed by atoms with van der Waals surface area (Å²) in [5.41, 5.74) is 13.2. The van der Waals surface area contributed by atoms with Crippen molar-refractivity contribution in [3.63, 3.8) is 0 Å². The molecular weight excluding hydrogens is 753 g/mol. The number of hydrogen-bond acceptors (Lipinski definition) is 3. The zero-order valence-corrected chi connectivity index (χ0v) is 33.7. The number of nitrogens with one attached hydrogen (secondary N) is 1. The Kier molecular flexibility index (Phi) is 8.46. The van der Waals surface area contributed by atoms with Crippen LogP contribution < -0.4 is 5.32 Å². The molecule has 10 aromatic carbocycles. The van der Waals surface area contributed by atoms with Gasteiger partial charge in [0.15, 0.2) is 0 Å². The monoisotopic (exact) mass is 790 g/mol. The van der Waals surface area contributed by atoms with Gasteiger partial charge >= 0.3 is 0 Å². The molecule has 0 saturated carbocycles. The highest BCUT2D eigenvalue weighted by Crippen LogP contribution is 2.40. The second kappa shape index (κ2) is 14.7. The molecule has 1 N–H and O–H groups in total. The smallest absolute Gasteiger partial charge is 0.227 e. The molecule has 0 aliphatic heterocycles. The van der Waals surface area contributed by atoms with E-state index in [1.165, 1.54) is 59.7 Å². The van der Waals surface area contributed by atoms with Crippen LogP contribution in [0.4, 0.5) is 11.6 Å². The van der Waals surface area contributed by atoms with Crippen LogP contribution in [0.5, 0.6) is 0 Å². The number of fused-ring (bicyclic) bond motifs is 9. The molecule has 2 heterocycles. The van der Waals surface area contributed by atoms with Gasteiger partial charge in [0.25, 0.3) is 0 Å². The summed E-state index contributed by atoms with van der Waals surface area (Å²) in [6.45, 7) is 0. The van der Waals surface area contributed by atoms with Gasteiger partial charge in [-0.1, -0.05) is 164 Å². The van der Waals surface area contributed by atoms with E-state index >= 15 is 0 Å². The number of rotatable bonds is 7. The molecule has 12 aromatic rings. The topological polar surface area (TPSA) is 42.7 Å². The third-order valence-electron chi connectivity index (χ3n) is 12.3. The minimum atomic E-state index is 0.542. The molecule has 4 heteroatoms. The summed E-state index contributed by atoms with van der Waals surface area (Å²) in [4.78, 5) is 9.71. The molecule has 0 aliphatic rings. The van der Waals surface area contributed by atoms with Crippen LogP contribution in [0.3, 0.4) is 0 Å². The Labute approximate surface area is 359 Å². The van der Waals surface area contributed by atoms with Gasteiger partial charge in [-0.3, -0.25) is 0 Å². The Balaban J connectivity index is 0.870. The van der Waals surface area contributed by atoms with E-state index < -0.39 is 0 Å². The summed E-state index contributed by atoms with van der Waals surface area (Å²) in [5, 5.41) is 13.7. The maximum absolute atomic E-state index is 5.03. The van der Waals surface area contributed by atoms with Gasteiger partial charge in [0, 0.05) is 39.5 Å². The van der Waals surface area contributed by atoms with E-state index in [2.05, 4.69) is 227 Å². The quantitative estimate of drug-likeness (QED) is 0.164. The van der Waals surface area contributed by atoms with Crippen molar-refractivity contribution in [2.75, 3.05) is 5.32 Å². The zero-order valence-electron chi connectivity index (χ0n) is 33.7. The molecule has 4 nitrogen and oxygen atoms in total. The number of nitrogens with zero attached hydrogens (tertiary/aromatic N) is 3. The van der Waals surface area contributed by atoms with Crippen LogP contribution in [-0.2, 0) is 0 Å². The van der Waals surface area contributed by atoms with Crippen molar-refractivity contribution in [3.8, 4) is 50.3 Å². The van der Waals surface area contributed by atoms with Gasteiger partial charge in [-0.05, 0) is 115 Å². The minimum absolute atomic E-state index is 0.542. The van der Waals surface area contributed by atoms with E-state index in [0.717, 1.165) is 50.4 Å². The molecule has 2 aromatic heterocycles. The van der Waals surface area contributed by atoms with Crippen molar-refractivity contribution in [3.05, 3.63) is 225 Å². The van der Waals surface area contributed by atoms with Crippen molar-refractivity contribution < 1.29 is 0 Å². The van der Waals surface area contributed by atoms with Crippen LogP contribution in [0, 0.1) is 0 Å². The molecule has 0 unspecified atom stereocenters. The Morgan fingerprint density at radius 1 is 0.339 bits per heavy atom. The lowest BCUT2D eigenvalue weighted by atomic mass is 9.92. The van der Waals surface area contributed by atoms with Gasteiger partial charge in [-0.25, -0.2) is 9.97 Å². The number of hydrogen-bond donors (Lipinski definition) is 1. The van der Waals surface area contributed by atoms with Crippen molar-refractivity contribution >= 4 is 65.8 Å². The minimum Gasteiger partial charge on any atom is -0.324 e. The molecule has 0 atom stereocenters. The van der Waals surface area contributed by atoms with Gasteiger partial charge < -0.3 is 9.88 Å². The van der Waals surface area contributed by atoms with Crippen LogP contribution in [-0.4, -0.2) is 14.5 Å². The van der Waals surface area contributed by atoms with Gasteiger partial charge in [-0.15, -0.1) is 0 Å². The highest BCUT2D eigenvalue weighted by Gasteiger charge is 2.16. The SMILES string of the molecule is c1ccc(-c2cc(-c3ccc4c(c3)c3ccccc3n4-c3ccccc3)ccc2Nc2nccc(-c3ccc(-c4ccc5c6ccccc6c6ccccc6c5c4)cc3)n2)cc1. The van der Waals surface area contributed by atoms with Crippen molar-refractivity contribution in [2.45, 2.75) is 0 Å². The first kappa shape index (κ1) is 35.6. The van der Waals surface area contributed by atoms with Crippen LogP contribution in [0.25, 0.3) is 104 Å². The maximum atomic E-state index is 5.03. The van der Waals surface area contributed by atoms with Crippen molar-refractivity contribution in [1.82, 2.24) is 14.5 Å². The van der Waals surface area contributed by atoms with Crippen LogP contribution in [0.1, 0.15) is 0 Å². The molecule has 12 rings (SSSR count). The first-order valence-electron chi connectivity index (χ1n) is 21.1. The Morgan fingerprint density at radius 2 is 0.855 bits per heavy atom. The standard InChI is InChI=1S/C58H38N4/c1-3-13-39(14-4-1)51-35-42(43-29-32-57-53(37-43)50-21-11-12-22-56(50)62(57)44-15-5-2-6-16-44)28-31-55(51)61-58-59-34-33-54(60-58)40-25-23-38(24-26-40)41-27-30-49-47-19-8-7-17-45(47)46-18-9-10-20-48(46)52(49)36-41/h1-37H,(H,59,60,61). The van der Waals surface area contributed by atoms with E-state index in [1.54, 1.807) is 0 Å². The number of benzene rings is 10. The predicted octanol–water partition coefficient (Wildman–Crippen LogP) is 15.4. The fourth-order valence-electron chi connectivity index (χ4n) is 9.32. The Morgan fingerprint density at radius 3 is 1.60 bits per heavy atom. The highest BCUT2D eigenvalue weighted by molar-refractivity contribution is 6.25. The Hall–Kier alpha value is -8.34. The van der Waals surface area contributed by atoms with E-state index in [4.69, 9.17) is 4.98 Å². The summed E-state index contributed by atoms with van der Waals surface area (Å²) in [5.74, 6) is 0.542. The van der Waals surface area contributed by atoms with Crippen molar-refractivity contribution in [2.24, 2.45) is 0 Å². The largest absolute Gasteiger partial charge is 0.324 e. The summed E-state index contributed by atoms with van der Waals surface area (Å²) < 4.78 is 2.35. The average molecular weight is 791 g/mol. The maximum Gasteiger partial charge on any atom is 0.227 e. The summed E-state index contributed by atoms with van der Waals surface area (Å²) in [6.07, 6.45) is 1.83. The average Bonchev–Trinajstić information content (AvgIpc) is 3.68. The molecule has 0 saturated heterocycles. The normalized spacial score (nSPS) is 11.5. The first-order chi connectivity index (χ1) is 30.7. The molecule has 0 spiro atoms. The van der Waals surface area contributed by atoms with Gasteiger partial charge in [0.2, 0.25) is 5.95 Å². The van der Waals surface area contributed by atoms with Gasteiger partial charge in [0.1, 0.15) is 0 Å². The second-order valence-electron chi connectivity index (χ2n) is 15.9. The number of aromatic nitrogens is 3. The molecule has 0 aliphatic carbocycles. The number of anilines is 2. The van der Waals surface area contributed by atoms with E-state index in [9.17, 15) is 0 Å². The lowest BCUT2D eigenvalue weighted by Crippen LogP contribution is -2.00. The molecule has 0 fully saturated rings. The first-order valence-corrected chi connectivity index (χ1v) is 21.1. The van der Waals surface area contributed by atoms with Crippen LogP contribution >= 0.6 is 0 Å². The van der Waals surface area contributed by atoms with E-state index in [1.807, 2.05) is 12.3 Å². The van der Waals surface area contributed by atoms with E-state index in [0.29, 0.717) is 5.95 Å². The van der Waals surface area contributed by atoms with Gasteiger partial charge in [-0.2, -0.15) is 0 Å². The van der Waals surface area contributed by atoms with Gasteiger partial charge in [0.05, 0.1) is 16.7 Å². The summed E-state index contributed by atoms with van der Waals surface area (Å²) in [6, 6.07) is 78.2.